The summed E-state index contributed by atoms with van der Waals surface area (Å²) >= 11 is 11.9. The summed E-state index contributed by atoms with van der Waals surface area (Å²) in [5.74, 6) is 1.75. The fourth-order valence-electron chi connectivity index (χ4n) is 2.34. The van der Waals surface area contributed by atoms with Gasteiger partial charge in [0.2, 0.25) is 0 Å². The van der Waals surface area contributed by atoms with Gasteiger partial charge >= 0.3 is 0 Å². The average molecular weight is 288 g/mol. The van der Waals surface area contributed by atoms with Crippen LogP contribution in [0.25, 0.3) is 0 Å². The monoisotopic (exact) mass is 287 g/mol. The second-order valence-corrected chi connectivity index (χ2v) is 5.38. The summed E-state index contributed by atoms with van der Waals surface area (Å²) in [5.41, 5.74) is 2.44. The van der Waals surface area contributed by atoms with Gasteiger partial charge in [0, 0.05) is 29.4 Å². The SMILES string of the molecule is CCN(CCCCl)Cc1cc(Cl)cc2c1OCC2. The van der Waals surface area contributed by atoms with Crippen LogP contribution in [0.3, 0.4) is 0 Å². The Kier molecular flexibility index (Phi) is 5.16. The molecule has 0 N–H and O–H groups in total. The lowest BCUT2D eigenvalue weighted by Crippen LogP contribution is -2.24. The summed E-state index contributed by atoms with van der Waals surface area (Å²) in [6.45, 7) is 5.85. The van der Waals surface area contributed by atoms with E-state index in [1.54, 1.807) is 0 Å². The molecule has 0 fully saturated rings. The molecule has 0 unspecified atom stereocenters. The summed E-state index contributed by atoms with van der Waals surface area (Å²) < 4.78 is 5.72. The second kappa shape index (κ2) is 6.65. The van der Waals surface area contributed by atoms with Gasteiger partial charge in [0.05, 0.1) is 6.61 Å². The molecule has 1 aromatic carbocycles. The third kappa shape index (κ3) is 3.31. The Morgan fingerprint density at radius 2 is 2.22 bits per heavy atom. The van der Waals surface area contributed by atoms with Crippen LogP contribution in [0.15, 0.2) is 12.1 Å². The number of benzene rings is 1. The first kappa shape index (κ1) is 14.0. The Bertz CT molecular complexity index is 409. The van der Waals surface area contributed by atoms with Gasteiger partial charge in [-0.25, -0.2) is 0 Å². The Morgan fingerprint density at radius 1 is 1.39 bits per heavy atom. The number of halogens is 2. The van der Waals surface area contributed by atoms with Crippen LogP contribution >= 0.6 is 23.2 Å². The minimum atomic E-state index is 0.709. The Labute approximate surface area is 119 Å². The molecule has 4 heteroatoms. The van der Waals surface area contributed by atoms with Crippen LogP contribution in [0.1, 0.15) is 24.5 Å². The largest absolute Gasteiger partial charge is 0.493 e. The van der Waals surface area contributed by atoms with Crippen molar-refractivity contribution in [2.75, 3.05) is 25.6 Å². The lowest BCUT2D eigenvalue weighted by Gasteiger charge is -2.21. The highest BCUT2D eigenvalue weighted by Crippen LogP contribution is 2.33. The molecule has 100 valence electrons. The van der Waals surface area contributed by atoms with Crippen molar-refractivity contribution in [3.63, 3.8) is 0 Å². The van der Waals surface area contributed by atoms with Crippen molar-refractivity contribution in [2.45, 2.75) is 26.3 Å². The predicted molar refractivity (Wildman–Crippen MR) is 76.9 cm³/mol. The first-order valence-corrected chi connectivity index (χ1v) is 7.38. The van der Waals surface area contributed by atoms with E-state index < -0.39 is 0 Å². The van der Waals surface area contributed by atoms with Gasteiger partial charge in [-0.3, -0.25) is 4.90 Å². The zero-order valence-corrected chi connectivity index (χ0v) is 12.2. The molecule has 0 aliphatic carbocycles. The molecule has 1 aliphatic rings. The van der Waals surface area contributed by atoms with Gasteiger partial charge in [-0.2, -0.15) is 0 Å². The molecule has 1 aromatic rings. The third-order valence-electron chi connectivity index (χ3n) is 3.27. The van der Waals surface area contributed by atoms with Gasteiger partial charge in [0.25, 0.3) is 0 Å². The highest BCUT2D eigenvalue weighted by atomic mass is 35.5. The van der Waals surface area contributed by atoms with Crippen LogP contribution in [-0.2, 0) is 13.0 Å². The lowest BCUT2D eigenvalue weighted by molar-refractivity contribution is 0.273. The zero-order chi connectivity index (χ0) is 13.0. The van der Waals surface area contributed by atoms with E-state index in [4.69, 9.17) is 27.9 Å². The second-order valence-electron chi connectivity index (χ2n) is 4.56. The zero-order valence-electron chi connectivity index (χ0n) is 10.7. The van der Waals surface area contributed by atoms with Gasteiger partial charge in [-0.15, -0.1) is 11.6 Å². The number of ether oxygens (including phenoxy) is 1. The summed E-state index contributed by atoms with van der Waals surface area (Å²) in [6.07, 6.45) is 1.98. The van der Waals surface area contributed by atoms with Crippen LogP contribution in [0, 0.1) is 0 Å². The summed E-state index contributed by atoms with van der Waals surface area (Å²) in [4.78, 5) is 2.37. The van der Waals surface area contributed by atoms with Crippen molar-refractivity contribution in [1.82, 2.24) is 4.90 Å². The molecule has 0 radical (unpaired) electrons. The van der Waals surface area contributed by atoms with E-state index in [9.17, 15) is 0 Å². The van der Waals surface area contributed by atoms with Crippen LogP contribution < -0.4 is 4.74 Å². The lowest BCUT2D eigenvalue weighted by atomic mass is 10.1. The van der Waals surface area contributed by atoms with Crippen molar-refractivity contribution >= 4 is 23.2 Å². The van der Waals surface area contributed by atoms with Crippen LogP contribution in [0.4, 0.5) is 0 Å². The summed E-state index contributed by atoms with van der Waals surface area (Å²) in [5, 5.41) is 0.808. The normalized spacial score (nSPS) is 13.8. The molecule has 0 saturated carbocycles. The molecule has 0 atom stereocenters. The summed E-state index contributed by atoms with van der Waals surface area (Å²) in [7, 11) is 0. The number of fused-ring (bicyclic) bond motifs is 1. The maximum Gasteiger partial charge on any atom is 0.127 e. The average Bonchev–Trinajstić information content (AvgIpc) is 2.82. The highest BCUT2D eigenvalue weighted by Gasteiger charge is 2.18. The van der Waals surface area contributed by atoms with Gasteiger partial charge < -0.3 is 4.74 Å². The Morgan fingerprint density at radius 3 is 2.94 bits per heavy atom. The fourth-order valence-corrected chi connectivity index (χ4v) is 2.72. The predicted octanol–water partition coefficient (Wildman–Crippen LogP) is 3.73. The Balaban J connectivity index is 2.12. The van der Waals surface area contributed by atoms with Gasteiger partial charge in [-0.1, -0.05) is 18.5 Å². The van der Waals surface area contributed by atoms with Crippen LogP contribution in [0.5, 0.6) is 5.75 Å². The minimum Gasteiger partial charge on any atom is -0.493 e. The van der Waals surface area contributed by atoms with Crippen molar-refractivity contribution in [1.29, 1.82) is 0 Å². The number of alkyl halides is 1. The molecule has 18 heavy (non-hydrogen) atoms. The topological polar surface area (TPSA) is 12.5 Å². The van der Waals surface area contributed by atoms with Gasteiger partial charge in [-0.05, 0) is 37.2 Å². The molecule has 0 bridgehead atoms. The molecule has 2 nitrogen and oxygen atoms in total. The van der Waals surface area contributed by atoms with E-state index in [2.05, 4.69) is 11.8 Å². The number of rotatable bonds is 6. The third-order valence-corrected chi connectivity index (χ3v) is 3.76. The van der Waals surface area contributed by atoms with E-state index >= 15 is 0 Å². The van der Waals surface area contributed by atoms with Crippen LogP contribution in [-0.4, -0.2) is 30.5 Å². The maximum absolute atomic E-state index is 6.16. The van der Waals surface area contributed by atoms with E-state index in [1.165, 1.54) is 11.1 Å². The van der Waals surface area contributed by atoms with Crippen LogP contribution in [0.2, 0.25) is 5.02 Å². The fraction of sp³-hybridized carbons (Fsp3) is 0.571. The Hall–Kier alpha value is -0.440. The van der Waals surface area contributed by atoms with E-state index in [0.29, 0.717) is 5.88 Å². The molecule has 2 rings (SSSR count). The smallest absolute Gasteiger partial charge is 0.127 e. The van der Waals surface area contributed by atoms with E-state index in [1.807, 2.05) is 12.1 Å². The van der Waals surface area contributed by atoms with Crippen molar-refractivity contribution in [3.8, 4) is 5.75 Å². The molecule has 1 aliphatic heterocycles. The van der Waals surface area contributed by atoms with Crippen molar-refractivity contribution in [2.24, 2.45) is 0 Å². The molecule has 0 spiro atoms. The molecule has 0 aromatic heterocycles. The number of hydrogen-bond donors (Lipinski definition) is 0. The number of nitrogens with zero attached hydrogens (tertiary/aromatic N) is 1. The molecule has 1 heterocycles. The summed E-state index contributed by atoms with van der Waals surface area (Å²) in [6, 6.07) is 4.04. The molecular weight excluding hydrogens is 269 g/mol. The first-order chi connectivity index (χ1) is 8.74. The highest BCUT2D eigenvalue weighted by molar-refractivity contribution is 6.30. The molecule has 0 amide bonds. The number of hydrogen-bond acceptors (Lipinski definition) is 2. The van der Waals surface area contributed by atoms with Crippen molar-refractivity contribution < 1.29 is 4.74 Å². The molecular formula is C14H19Cl2NO. The van der Waals surface area contributed by atoms with E-state index in [-0.39, 0.29) is 0 Å². The van der Waals surface area contributed by atoms with E-state index in [0.717, 1.165) is 49.9 Å². The van der Waals surface area contributed by atoms with Crippen molar-refractivity contribution in [3.05, 3.63) is 28.3 Å². The first-order valence-electron chi connectivity index (χ1n) is 6.47. The standard InChI is InChI=1S/C14H19Cl2NO/c1-2-17(6-3-5-15)10-12-9-13(16)8-11-4-7-18-14(11)12/h8-9H,2-7,10H2,1H3. The minimum absolute atomic E-state index is 0.709. The molecule has 0 saturated heterocycles. The quantitative estimate of drug-likeness (QED) is 0.740. The van der Waals surface area contributed by atoms with Gasteiger partial charge in [0.15, 0.2) is 0 Å². The maximum atomic E-state index is 6.16. The van der Waals surface area contributed by atoms with Gasteiger partial charge in [0.1, 0.15) is 5.75 Å².